The van der Waals surface area contributed by atoms with Gasteiger partial charge >= 0.3 is 5.97 Å². The summed E-state index contributed by atoms with van der Waals surface area (Å²) >= 11 is 0. The number of esters is 1. The summed E-state index contributed by atoms with van der Waals surface area (Å²) in [6, 6.07) is 0. The van der Waals surface area contributed by atoms with Gasteiger partial charge < -0.3 is 4.74 Å². The number of hydrogen-bond donors (Lipinski definition) is 0. The Bertz CT molecular complexity index is 482. The van der Waals surface area contributed by atoms with E-state index >= 15 is 0 Å². The average molecular weight is 535 g/mol. The van der Waals surface area contributed by atoms with Crippen molar-refractivity contribution in [2.24, 2.45) is 5.92 Å². The molecule has 0 radical (unpaired) electrons. The van der Waals surface area contributed by atoms with Gasteiger partial charge in [0, 0.05) is 6.42 Å². The zero-order valence-corrected chi connectivity index (χ0v) is 26.6. The number of rotatable bonds is 31. The molecule has 2 heteroatoms. The predicted octanol–water partition coefficient (Wildman–Crippen LogP) is 12.7. The molecule has 0 unspecified atom stereocenters. The molecule has 0 aromatic heterocycles. The summed E-state index contributed by atoms with van der Waals surface area (Å²) in [6.07, 6.45) is 41.3. The summed E-state index contributed by atoms with van der Waals surface area (Å²) in [6.45, 7) is 7.54. The van der Waals surface area contributed by atoms with Crippen molar-refractivity contribution < 1.29 is 9.53 Å². The first-order valence-electron chi connectivity index (χ1n) is 17.5. The van der Waals surface area contributed by atoms with E-state index in [4.69, 9.17) is 4.74 Å². The van der Waals surface area contributed by atoms with Gasteiger partial charge in [-0.3, -0.25) is 4.79 Å². The van der Waals surface area contributed by atoms with Gasteiger partial charge in [-0.15, -0.1) is 0 Å². The Morgan fingerprint density at radius 1 is 0.526 bits per heavy atom. The maximum Gasteiger partial charge on any atom is 0.305 e. The molecule has 0 aliphatic rings. The molecule has 0 spiro atoms. The van der Waals surface area contributed by atoms with Crippen molar-refractivity contribution in [1.82, 2.24) is 0 Å². The van der Waals surface area contributed by atoms with Crippen LogP contribution in [0.15, 0.2) is 12.2 Å². The lowest BCUT2D eigenvalue weighted by molar-refractivity contribution is -0.143. The molecule has 0 aromatic carbocycles. The Morgan fingerprint density at radius 2 is 0.921 bits per heavy atom. The molecule has 0 bridgehead atoms. The lowest BCUT2D eigenvalue weighted by Gasteiger charge is -2.06. The second-order valence-corrected chi connectivity index (χ2v) is 12.3. The lowest BCUT2D eigenvalue weighted by atomic mass is 10.0. The van der Waals surface area contributed by atoms with Crippen LogP contribution in [0.2, 0.25) is 0 Å². The minimum Gasteiger partial charge on any atom is -0.466 e. The molecule has 226 valence electrons. The molecule has 38 heavy (non-hydrogen) atoms. The summed E-state index contributed by atoms with van der Waals surface area (Å²) in [4.78, 5) is 11.9. The number of unbranched alkanes of at least 4 members (excludes halogenated alkanes) is 23. The smallest absolute Gasteiger partial charge is 0.305 e. The Labute approximate surface area is 240 Å². The maximum atomic E-state index is 11.9. The van der Waals surface area contributed by atoms with Crippen LogP contribution in [0.1, 0.15) is 201 Å². The largest absolute Gasteiger partial charge is 0.466 e. The molecule has 0 heterocycles. The minimum atomic E-state index is 0.0148. The number of hydrogen-bond acceptors (Lipinski definition) is 2. The molecule has 0 rings (SSSR count). The third kappa shape index (κ3) is 33.2. The monoisotopic (exact) mass is 535 g/mol. The van der Waals surface area contributed by atoms with Gasteiger partial charge in [-0.25, -0.2) is 0 Å². The van der Waals surface area contributed by atoms with Crippen LogP contribution in [-0.4, -0.2) is 12.6 Å². The van der Waals surface area contributed by atoms with Crippen LogP contribution in [-0.2, 0) is 9.53 Å². The first-order valence-corrected chi connectivity index (χ1v) is 17.5. The standard InChI is InChI=1S/C36H70O2/c1-4-5-6-7-8-9-17-21-24-27-30-33-36(37)38-34-31-28-25-22-19-16-14-12-10-11-13-15-18-20-23-26-29-32-35(2)3/h7-8,35H,4-6,9-34H2,1-3H3/b8-7-. The molecule has 2 nitrogen and oxygen atoms in total. The van der Waals surface area contributed by atoms with Crippen LogP contribution >= 0.6 is 0 Å². The first-order chi connectivity index (χ1) is 18.7. The summed E-state index contributed by atoms with van der Waals surface area (Å²) < 4.78 is 5.42. The molecule has 0 aromatic rings. The zero-order chi connectivity index (χ0) is 27.8. The quantitative estimate of drug-likeness (QED) is 0.0502. The van der Waals surface area contributed by atoms with E-state index in [-0.39, 0.29) is 5.97 Å². The van der Waals surface area contributed by atoms with Crippen molar-refractivity contribution >= 4 is 5.97 Å². The van der Waals surface area contributed by atoms with E-state index in [0.717, 1.165) is 25.2 Å². The Kier molecular flexibility index (Phi) is 31.7. The van der Waals surface area contributed by atoms with Gasteiger partial charge in [-0.05, 0) is 38.0 Å². The van der Waals surface area contributed by atoms with Crippen LogP contribution in [0.4, 0.5) is 0 Å². The van der Waals surface area contributed by atoms with Gasteiger partial charge in [-0.1, -0.05) is 174 Å². The number of carbonyl (C=O) groups excluding carboxylic acids is 1. The van der Waals surface area contributed by atoms with Gasteiger partial charge in [0.2, 0.25) is 0 Å². The fourth-order valence-corrected chi connectivity index (χ4v) is 5.18. The van der Waals surface area contributed by atoms with Gasteiger partial charge in [0.15, 0.2) is 0 Å². The van der Waals surface area contributed by atoms with Gasteiger partial charge in [0.1, 0.15) is 0 Å². The van der Waals surface area contributed by atoms with Crippen molar-refractivity contribution in [3.05, 3.63) is 12.2 Å². The van der Waals surface area contributed by atoms with Crippen molar-refractivity contribution in [3.8, 4) is 0 Å². The molecule has 0 aliphatic carbocycles. The van der Waals surface area contributed by atoms with E-state index in [1.807, 2.05) is 0 Å². The number of carbonyl (C=O) groups is 1. The lowest BCUT2D eigenvalue weighted by Crippen LogP contribution is -2.05. The number of allylic oxidation sites excluding steroid dienone is 2. The molecule has 0 N–H and O–H groups in total. The van der Waals surface area contributed by atoms with Crippen LogP contribution in [0.25, 0.3) is 0 Å². The highest BCUT2D eigenvalue weighted by Gasteiger charge is 2.02. The van der Waals surface area contributed by atoms with E-state index < -0.39 is 0 Å². The van der Waals surface area contributed by atoms with Crippen molar-refractivity contribution in [1.29, 1.82) is 0 Å². The first kappa shape index (κ1) is 37.2. The third-order valence-corrected chi connectivity index (χ3v) is 7.83. The van der Waals surface area contributed by atoms with Gasteiger partial charge in [0.05, 0.1) is 6.61 Å². The zero-order valence-electron chi connectivity index (χ0n) is 26.6. The van der Waals surface area contributed by atoms with Crippen LogP contribution in [0.3, 0.4) is 0 Å². The Hall–Kier alpha value is -0.790. The molecule has 0 amide bonds. The van der Waals surface area contributed by atoms with Gasteiger partial charge in [0.25, 0.3) is 0 Å². The molecule has 0 atom stereocenters. The Balaban J connectivity index is 3.16. The third-order valence-electron chi connectivity index (χ3n) is 7.83. The summed E-state index contributed by atoms with van der Waals surface area (Å²) in [5.74, 6) is 0.895. The molecule has 0 saturated heterocycles. The van der Waals surface area contributed by atoms with Crippen molar-refractivity contribution in [3.63, 3.8) is 0 Å². The molecular weight excluding hydrogens is 464 g/mol. The van der Waals surface area contributed by atoms with E-state index in [1.54, 1.807) is 0 Å². The van der Waals surface area contributed by atoms with E-state index in [1.165, 1.54) is 154 Å². The second kappa shape index (κ2) is 32.4. The minimum absolute atomic E-state index is 0.0148. The molecule has 0 fully saturated rings. The molecule has 0 saturated carbocycles. The highest BCUT2D eigenvalue weighted by Crippen LogP contribution is 2.15. The molecule has 0 aliphatic heterocycles. The summed E-state index contributed by atoms with van der Waals surface area (Å²) in [7, 11) is 0. The maximum absolute atomic E-state index is 11.9. The van der Waals surface area contributed by atoms with Crippen molar-refractivity contribution in [2.75, 3.05) is 6.61 Å². The average Bonchev–Trinajstić information content (AvgIpc) is 2.90. The van der Waals surface area contributed by atoms with E-state index in [0.29, 0.717) is 13.0 Å². The normalized spacial score (nSPS) is 11.7. The fraction of sp³-hybridized carbons (Fsp3) is 0.917. The fourth-order valence-electron chi connectivity index (χ4n) is 5.18. The molecular formula is C36H70O2. The van der Waals surface area contributed by atoms with E-state index in [2.05, 4.69) is 32.9 Å². The number of ether oxygens (including phenoxy) is 1. The Morgan fingerprint density at radius 3 is 1.39 bits per heavy atom. The van der Waals surface area contributed by atoms with E-state index in [9.17, 15) is 4.79 Å². The van der Waals surface area contributed by atoms with Crippen LogP contribution in [0.5, 0.6) is 0 Å². The topological polar surface area (TPSA) is 26.3 Å². The van der Waals surface area contributed by atoms with Gasteiger partial charge in [-0.2, -0.15) is 0 Å². The second-order valence-electron chi connectivity index (χ2n) is 12.3. The predicted molar refractivity (Wildman–Crippen MR) is 170 cm³/mol. The van der Waals surface area contributed by atoms with Crippen LogP contribution < -0.4 is 0 Å². The summed E-state index contributed by atoms with van der Waals surface area (Å²) in [5.41, 5.74) is 0. The van der Waals surface area contributed by atoms with Crippen molar-refractivity contribution in [2.45, 2.75) is 201 Å². The van der Waals surface area contributed by atoms with Crippen LogP contribution in [0, 0.1) is 5.92 Å². The SMILES string of the molecule is CCCC/C=C\CCCCCCCC(=O)OCCCCCCCCCCCCCCCCCCCC(C)C. The highest BCUT2D eigenvalue weighted by molar-refractivity contribution is 5.69. The highest BCUT2D eigenvalue weighted by atomic mass is 16.5. The summed E-state index contributed by atoms with van der Waals surface area (Å²) in [5, 5.41) is 0.